The van der Waals surface area contributed by atoms with Gasteiger partial charge < -0.3 is 29.6 Å². The number of pyridine rings is 1. The first-order valence-electron chi connectivity index (χ1n) is 16.3. The summed E-state index contributed by atoms with van der Waals surface area (Å²) < 4.78 is 32.8. The van der Waals surface area contributed by atoms with Crippen molar-refractivity contribution in [3.05, 3.63) is 116 Å². The van der Waals surface area contributed by atoms with Crippen LogP contribution < -0.4 is 19.1 Å². The molecule has 3 fully saturated rings. The van der Waals surface area contributed by atoms with Crippen LogP contribution in [-0.2, 0) is 17.7 Å². The van der Waals surface area contributed by atoms with Gasteiger partial charge in [-0.15, -0.1) is 0 Å². The van der Waals surface area contributed by atoms with Gasteiger partial charge in [-0.1, -0.05) is 41.4 Å². The van der Waals surface area contributed by atoms with Crippen LogP contribution in [0.5, 0.6) is 17.2 Å². The van der Waals surface area contributed by atoms with Gasteiger partial charge in [0, 0.05) is 24.1 Å². The summed E-state index contributed by atoms with van der Waals surface area (Å²) in [5.74, 6) is -1.95. The summed E-state index contributed by atoms with van der Waals surface area (Å²) in [6.07, 6.45) is 2.98. The molecule has 11 nitrogen and oxygen atoms in total. The molecule has 0 spiro atoms. The predicted octanol–water partition coefficient (Wildman–Crippen LogP) is 6.80. The molecule has 3 saturated heterocycles. The van der Waals surface area contributed by atoms with Gasteiger partial charge in [0.25, 0.3) is 0 Å². The number of carboxylic acid groups (broad SMARTS) is 1. The molecule has 3 aliphatic rings. The fourth-order valence-corrected chi connectivity index (χ4v) is 7.57. The Bertz CT molecular complexity index is 1930. The number of anilines is 1. The van der Waals surface area contributed by atoms with Crippen molar-refractivity contribution in [2.75, 3.05) is 38.8 Å². The second kappa shape index (κ2) is 15.2. The Balaban J connectivity index is 1.44. The van der Waals surface area contributed by atoms with Gasteiger partial charge in [-0.2, -0.15) is 4.73 Å². The van der Waals surface area contributed by atoms with E-state index in [9.17, 15) is 25.0 Å². The molecule has 1 amide bonds. The number of benzene rings is 3. The van der Waals surface area contributed by atoms with E-state index in [1.165, 1.54) is 32.4 Å². The van der Waals surface area contributed by atoms with Crippen molar-refractivity contribution < 1.29 is 43.1 Å². The molecular formula is C37H36Cl2FN3O8. The molecule has 268 valence electrons. The number of amides is 1. The highest BCUT2D eigenvalue weighted by Gasteiger charge is 2.38. The summed E-state index contributed by atoms with van der Waals surface area (Å²) in [5, 5.41) is 32.9. The standard InChI is InChI=1S/C37H36Cl2FN3O8/c1-49-33-8-4-23(14-34(33)50-2)26(16-28-29(38)18-42(48)19-30(28)39)27-13-21(3-6-25(27)36(45)46)17-43(32-15-24(44)5-7-31(32)40)37(47)51-35-20-41-11-9-22(35)10-12-41/h3-8,13-15,18-19,22,26,35,44H,9-12,16-17,20H2,1-2H3,(H,45,46)/t26-,35-/m0/s1. The molecule has 3 aromatic carbocycles. The smallest absolute Gasteiger partial charge is 0.415 e. The molecule has 4 aromatic rings. The van der Waals surface area contributed by atoms with Gasteiger partial charge in [-0.05, 0) is 85.3 Å². The number of carbonyl (C=O) groups is 2. The van der Waals surface area contributed by atoms with Crippen LogP contribution in [0.1, 0.15) is 51.4 Å². The Morgan fingerprint density at radius 1 is 1.02 bits per heavy atom. The Morgan fingerprint density at radius 2 is 1.73 bits per heavy atom. The number of halogens is 3. The average Bonchev–Trinajstić information content (AvgIpc) is 3.11. The van der Waals surface area contributed by atoms with Crippen molar-refractivity contribution in [3.8, 4) is 17.2 Å². The molecule has 14 heteroatoms. The number of hydrogen-bond acceptors (Lipinski definition) is 8. The first-order chi connectivity index (χ1) is 24.4. The molecule has 0 aliphatic carbocycles. The minimum absolute atomic E-state index is 0.0504. The largest absolute Gasteiger partial charge is 0.619 e. The van der Waals surface area contributed by atoms with E-state index in [0.29, 0.717) is 45.0 Å². The first-order valence-corrected chi connectivity index (χ1v) is 17.0. The molecule has 7 rings (SSSR count). The van der Waals surface area contributed by atoms with Crippen LogP contribution in [0.3, 0.4) is 0 Å². The number of methoxy groups -OCH3 is 2. The third-order valence-corrected chi connectivity index (χ3v) is 10.3. The van der Waals surface area contributed by atoms with Gasteiger partial charge >= 0.3 is 12.1 Å². The van der Waals surface area contributed by atoms with Gasteiger partial charge in [0.2, 0.25) is 0 Å². The van der Waals surface area contributed by atoms with Crippen LogP contribution in [0, 0.1) is 16.9 Å². The van der Waals surface area contributed by atoms with E-state index in [-0.39, 0.29) is 52.0 Å². The number of nitrogens with zero attached hydrogens (tertiary/aromatic N) is 3. The van der Waals surface area contributed by atoms with Crippen LogP contribution in [0.2, 0.25) is 10.0 Å². The molecule has 3 aliphatic heterocycles. The van der Waals surface area contributed by atoms with Gasteiger partial charge in [-0.3, -0.25) is 9.80 Å². The second-order valence-electron chi connectivity index (χ2n) is 12.7. The summed E-state index contributed by atoms with van der Waals surface area (Å²) in [4.78, 5) is 30.0. The highest BCUT2D eigenvalue weighted by Crippen LogP contribution is 2.40. The number of aromatic carboxylic acids is 1. The van der Waals surface area contributed by atoms with Crippen LogP contribution in [0.4, 0.5) is 14.9 Å². The quantitative estimate of drug-likeness (QED) is 0.126. The molecule has 4 heterocycles. The number of hydrogen-bond donors (Lipinski definition) is 2. The van der Waals surface area contributed by atoms with Crippen LogP contribution in [0.25, 0.3) is 0 Å². The van der Waals surface area contributed by atoms with Crippen molar-refractivity contribution in [2.45, 2.75) is 37.8 Å². The predicted molar refractivity (Wildman–Crippen MR) is 188 cm³/mol. The lowest BCUT2D eigenvalue weighted by Gasteiger charge is -2.44. The number of phenolic OH excluding ortho intramolecular Hbond substituents is 1. The van der Waals surface area contributed by atoms with Crippen molar-refractivity contribution >= 4 is 41.0 Å². The van der Waals surface area contributed by atoms with Gasteiger partial charge in [0.1, 0.15) is 27.7 Å². The lowest BCUT2D eigenvalue weighted by atomic mass is 9.82. The molecule has 0 radical (unpaired) electrons. The zero-order valence-corrected chi connectivity index (χ0v) is 29.4. The fourth-order valence-electron chi connectivity index (χ4n) is 6.98. The lowest BCUT2D eigenvalue weighted by Crippen LogP contribution is -2.53. The van der Waals surface area contributed by atoms with Gasteiger partial charge in [0.15, 0.2) is 23.9 Å². The van der Waals surface area contributed by atoms with Crippen LogP contribution in [0.15, 0.2) is 67.0 Å². The zero-order valence-electron chi connectivity index (χ0n) is 27.9. The van der Waals surface area contributed by atoms with E-state index in [2.05, 4.69) is 4.90 Å². The average molecular weight is 741 g/mol. The number of carbonyl (C=O) groups excluding carboxylic acids is 1. The molecule has 1 aromatic heterocycles. The van der Waals surface area contributed by atoms with E-state index < -0.39 is 23.8 Å². The number of rotatable bonds is 11. The maximum Gasteiger partial charge on any atom is 0.415 e. The fraction of sp³-hybridized carbons (Fsp3) is 0.324. The summed E-state index contributed by atoms with van der Waals surface area (Å²) in [6.45, 7) is 2.21. The Hall–Kier alpha value is -4.78. The molecule has 0 unspecified atom stereocenters. The number of aromatic hydroxyl groups is 1. The van der Waals surface area contributed by atoms with Crippen molar-refractivity contribution in [3.63, 3.8) is 0 Å². The maximum atomic E-state index is 15.4. The Kier molecular flexibility index (Phi) is 10.8. The molecular weight excluding hydrogens is 704 g/mol. The third-order valence-electron chi connectivity index (χ3n) is 9.63. The summed E-state index contributed by atoms with van der Waals surface area (Å²) in [5.41, 5.74) is 1.52. The number of ether oxygens (including phenoxy) is 3. The number of carboxylic acids is 1. The molecule has 2 atom stereocenters. The maximum absolute atomic E-state index is 15.4. The monoisotopic (exact) mass is 739 g/mol. The topological polar surface area (TPSA) is 136 Å². The molecule has 0 saturated carbocycles. The first kappa shape index (κ1) is 36.0. The van der Waals surface area contributed by atoms with Crippen molar-refractivity contribution in [2.24, 2.45) is 5.92 Å². The SMILES string of the molecule is COc1ccc([C@H](Cc2c(Cl)c[n+]([O-])cc2Cl)c2cc(CN(C(=O)O[C@H]3CN4CCC3CC4)c3cc(O)ccc3F)ccc2C(=O)O)cc1OC. The number of aromatic nitrogens is 1. The van der Waals surface area contributed by atoms with E-state index in [4.69, 9.17) is 37.4 Å². The minimum atomic E-state index is -1.22. The van der Waals surface area contributed by atoms with E-state index in [0.717, 1.165) is 55.4 Å². The Labute approximate surface area is 303 Å². The summed E-state index contributed by atoms with van der Waals surface area (Å²) in [6, 6.07) is 13.1. The number of phenols is 1. The van der Waals surface area contributed by atoms with Crippen LogP contribution >= 0.6 is 23.2 Å². The van der Waals surface area contributed by atoms with Crippen LogP contribution in [-0.4, -0.2) is 67.1 Å². The molecule has 2 N–H and O–H groups in total. The highest BCUT2D eigenvalue weighted by molar-refractivity contribution is 6.35. The third kappa shape index (κ3) is 7.78. The lowest BCUT2D eigenvalue weighted by molar-refractivity contribution is -0.605. The Morgan fingerprint density at radius 3 is 2.35 bits per heavy atom. The van der Waals surface area contributed by atoms with E-state index in [1.54, 1.807) is 24.3 Å². The van der Waals surface area contributed by atoms with Crippen molar-refractivity contribution in [1.29, 1.82) is 0 Å². The van der Waals surface area contributed by atoms with E-state index >= 15 is 4.39 Å². The van der Waals surface area contributed by atoms with Gasteiger partial charge in [0.05, 0.1) is 32.0 Å². The molecule has 51 heavy (non-hydrogen) atoms. The summed E-state index contributed by atoms with van der Waals surface area (Å²) >= 11 is 13.0. The number of fused-ring (bicyclic) bond motifs is 3. The van der Waals surface area contributed by atoms with E-state index in [1.807, 2.05) is 0 Å². The highest BCUT2D eigenvalue weighted by atomic mass is 35.5. The minimum Gasteiger partial charge on any atom is -0.619 e. The number of piperidine rings is 3. The van der Waals surface area contributed by atoms with Crippen molar-refractivity contribution in [1.82, 2.24) is 4.90 Å². The van der Waals surface area contributed by atoms with Gasteiger partial charge in [-0.25, -0.2) is 14.0 Å². The zero-order chi connectivity index (χ0) is 36.4. The molecule has 2 bridgehead atoms. The second-order valence-corrected chi connectivity index (χ2v) is 13.5. The normalized spacial score (nSPS) is 18.6. The summed E-state index contributed by atoms with van der Waals surface area (Å²) in [7, 11) is 2.97.